The second kappa shape index (κ2) is 4.11. The summed E-state index contributed by atoms with van der Waals surface area (Å²) in [4.78, 5) is 2.27. The number of hydrogen-bond acceptors (Lipinski definition) is 4. The van der Waals surface area contributed by atoms with E-state index in [4.69, 9.17) is 9.63 Å². The number of hydrogen-bond donors (Lipinski definition) is 1. The summed E-state index contributed by atoms with van der Waals surface area (Å²) in [7, 11) is 2.09. The van der Waals surface area contributed by atoms with Crippen molar-refractivity contribution in [1.29, 1.82) is 0 Å². The Kier molecular flexibility index (Phi) is 2.84. The highest BCUT2D eigenvalue weighted by Crippen LogP contribution is 2.31. The Balaban J connectivity index is 2.20. The first-order chi connectivity index (χ1) is 6.83. The zero-order valence-electron chi connectivity index (χ0n) is 8.44. The highest BCUT2D eigenvalue weighted by molar-refractivity contribution is 5.16. The fourth-order valence-electron chi connectivity index (χ4n) is 2.07. The number of rotatable bonds is 2. The fourth-order valence-corrected chi connectivity index (χ4v) is 2.07. The Morgan fingerprint density at radius 3 is 3.21 bits per heavy atom. The summed E-state index contributed by atoms with van der Waals surface area (Å²) in [6, 6.07) is 0.299. The molecule has 2 rings (SSSR count). The number of aromatic nitrogens is 1. The van der Waals surface area contributed by atoms with E-state index in [2.05, 4.69) is 17.1 Å². The van der Waals surface area contributed by atoms with Gasteiger partial charge in [-0.05, 0) is 26.4 Å². The second-order valence-corrected chi connectivity index (χ2v) is 3.87. The van der Waals surface area contributed by atoms with Gasteiger partial charge in [0, 0.05) is 5.56 Å². The number of aliphatic hydroxyl groups is 1. The lowest BCUT2D eigenvalue weighted by molar-refractivity contribution is 0.151. The molecule has 0 aromatic carbocycles. The van der Waals surface area contributed by atoms with Crippen molar-refractivity contribution >= 4 is 0 Å². The minimum atomic E-state index is 0.0170. The molecule has 0 aliphatic carbocycles. The van der Waals surface area contributed by atoms with Gasteiger partial charge >= 0.3 is 0 Å². The molecule has 1 atom stereocenters. The topological polar surface area (TPSA) is 49.5 Å². The number of aliphatic hydroxyl groups excluding tert-OH is 1. The van der Waals surface area contributed by atoms with Crippen LogP contribution in [0.4, 0.5) is 0 Å². The summed E-state index contributed by atoms with van der Waals surface area (Å²) in [6.07, 6.45) is 5.17. The van der Waals surface area contributed by atoms with E-state index in [9.17, 15) is 0 Å². The summed E-state index contributed by atoms with van der Waals surface area (Å²) in [5.41, 5.74) is 0.823. The van der Waals surface area contributed by atoms with E-state index in [0.29, 0.717) is 6.04 Å². The summed E-state index contributed by atoms with van der Waals surface area (Å²) < 4.78 is 5.21. The maximum absolute atomic E-state index is 9.11. The van der Waals surface area contributed by atoms with Crippen molar-refractivity contribution in [3.05, 3.63) is 17.5 Å². The number of nitrogens with zero attached hydrogens (tertiary/aromatic N) is 2. The van der Waals surface area contributed by atoms with Crippen LogP contribution in [-0.4, -0.2) is 28.8 Å². The SMILES string of the molecule is CN1CCCCC1c1oncc1CO. The highest BCUT2D eigenvalue weighted by Gasteiger charge is 2.26. The standard InChI is InChI=1S/C10H16N2O2/c1-12-5-3-2-4-9(12)10-8(7-13)6-11-14-10/h6,9,13H,2-5,7H2,1H3. The molecule has 0 radical (unpaired) electrons. The molecular weight excluding hydrogens is 180 g/mol. The molecular formula is C10H16N2O2. The molecule has 1 unspecified atom stereocenters. The summed E-state index contributed by atoms with van der Waals surface area (Å²) in [6.45, 7) is 1.11. The van der Waals surface area contributed by atoms with E-state index in [1.165, 1.54) is 12.8 Å². The van der Waals surface area contributed by atoms with Crippen molar-refractivity contribution in [1.82, 2.24) is 10.1 Å². The van der Waals surface area contributed by atoms with Crippen LogP contribution in [0.15, 0.2) is 10.7 Å². The van der Waals surface area contributed by atoms with Gasteiger partial charge in [0.25, 0.3) is 0 Å². The summed E-state index contributed by atoms with van der Waals surface area (Å²) in [5, 5.41) is 12.8. The molecule has 14 heavy (non-hydrogen) atoms. The Labute approximate surface area is 83.5 Å². The molecule has 2 heterocycles. The third-order valence-electron chi connectivity index (χ3n) is 2.92. The Morgan fingerprint density at radius 1 is 1.64 bits per heavy atom. The molecule has 1 aliphatic heterocycles. The Bertz CT molecular complexity index is 298. The van der Waals surface area contributed by atoms with E-state index < -0.39 is 0 Å². The van der Waals surface area contributed by atoms with Gasteiger partial charge in [-0.1, -0.05) is 11.6 Å². The average molecular weight is 196 g/mol. The Morgan fingerprint density at radius 2 is 2.50 bits per heavy atom. The molecule has 0 bridgehead atoms. The van der Waals surface area contributed by atoms with Gasteiger partial charge < -0.3 is 9.63 Å². The first kappa shape index (κ1) is 9.68. The van der Waals surface area contributed by atoms with Gasteiger partial charge in [-0.3, -0.25) is 4.90 Å². The molecule has 0 spiro atoms. The van der Waals surface area contributed by atoms with E-state index in [1.54, 1.807) is 6.20 Å². The first-order valence-corrected chi connectivity index (χ1v) is 5.07. The summed E-state index contributed by atoms with van der Waals surface area (Å²) in [5.74, 6) is 0.842. The molecule has 4 nitrogen and oxygen atoms in total. The van der Waals surface area contributed by atoms with Crippen molar-refractivity contribution in [2.45, 2.75) is 31.9 Å². The number of likely N-dealkylation sites (tertiary alicyclic amines) is 1. The van der Waals surface area contributed by atoms with E-state index in [1.807, 2.05) is 0 Å². The van der Waals surface area contributed by atoms with Crippen LogP contribution in [0.2, 0.25) is 0 Å². The van der Waals surface area contributed by atoms with Crippen LogP contribution in [0.25, 0.3) is 0 Å². The quantitative estimate of drug-likeness (QED) is 0.775. The smallest absolute Gasteiger partial charge is 0.159 e. The van der Waals surface area contributed by atoms with Gasteiger partial charge in [0.1, 0.15) is 0 Å². The minimum Gasteiger partial charge on any atom is -0.391 e. The van der Waals surface area contributed by atoms with Gasteiger partial charge in [-0.2, -0.15) is 0 Å². The lowest BCUT2D eigenvalue weighted by Gasteiger charge is -2.30. The molecule has 1 fully saturated rings. The van der Waals surface area contributed by atoms with Crippen molar-refractivity contribution in [3.8, 4) is 0 Å². The van der Waals surface area contributed by atoms with Gasteiger partial charge in [-0.15, -0.1) is 0 Å². The molecule has 1 aromatic heterocycles. The van der Waals surface area contributed by atoms with Crippen LogP contribution in [-0.2, 0) is 6.61 Å². The normalized spacial score (nSPS) is 24.0. The van der Waals surface area contributed by atoms with Crippen LogP contribution in [0.1, 0.15) is 36.6 Å². The third-order valence-corrected chi connectivity index (χ3v) is 2.92. The van der Waals surface area contributed by atoms with Gasteiger partial charge in [0.05, 0.1) is 18.8 Å². The lowest BCUT2D eigenvalue weighted by Crippen LogP contribution is -2.29. The van der Waals surface area contributed by atoms with E-state index in [-0.39, 0.29) is 6.61 Å². The predicted octanol–water partition coefficient (Wildman–Crippen LogP) is 1.32. The third kappa shape index (κ3) is 1.67. The molecule has 0 amide bonds. The zero-order chi connectivity index (χ0) is 9.97. The highest BCUT2D eigenvalue weighted by atomic mass is 16.5. The second-order valence-electron chi connectivity index (χ2n) is 3.87. The lowest BCUT2D eigenvalue weighted by atomic mass is 9.99. The van der Waals surface area contributed by atoms with Crippen molar-refractivity contribution < 1.29 is 9.63 Å². The molecule has 1 N–H and O–H groups in total. The van der Waals surface area contributed by atoms with Crippen LogP contribution in [0, 0.1) is 0 Å². The van der Waals surface area contributed by atoms with Crippen molar-refractivity contribution in [3.63, 3.8) is 0 Å². The maximum atomic E-state index is 9.11. The fraction of sp³-hybridized carbons (Fsp3) is 0.700. The minimum absolute atomic E-state index is 0.0170. The van der Waals surface area contributed by atoms with E-state index in [0.717, 1.165) is 24.3 Å². The monoisotopic (exact) mass is 196 g/mol. The largest absolute Gasteiger partial charge is 0.391 e. The van der Waals surface area contributed by atoms with Crippen LogP contribution in [0.5, 0.6) is 0 Å². The maximum Gasteiger partial charge on any atom is 0.159 e. The Hall–Kier alpha value is -0.870. The molecule has 0 saturated carbocycles. The molecule has 4 heteroatoms. The van der Waals surface area contributed by atoms with Gasteiger partial charge in [0.15, 0.2) is 5.76 Å². The number of piperidine rings is 1. The van der Waals surface area contributed by atoms with Crippen molar-refractivity contribution in [2.75, 3.05) is 13.6 Å². The van der Waals surface area contributed by atoms with Crippen LogP contribution in [0.3, 0.4) is 0 Å². The van der Waals surface area contributed by atoms with Crippen LogP contribution < -0.4 is 0 Å². The molecule has 1 saturated heterocycles. The van der Waals surface area contributed by atoms with Crippen molar-refractivity contribution in [2.24, 2.45) is 0 Å². The molecule has 1 aromatic rings. The zero-order valence-corrected chi connectivity index (χ0v) is 8.44. The van der Waals surface area contributed by atoms with Gasteiger partial charge in [-0.25, -0.2) is 0 Å². The average Bonchev–Trinajstić information content (AvgIpc) is 2.66. The molecule has 78 valence electrons. The van der Waals surface area contributed by atoms with Crippen LogP contribution >= 0.6 is 0 Å². The van der Waals surface area contributed by atoms with E-state index >= 15 is 0 Å². The van der Waals surface area contributed by atoms with Gasteiger partial charge in [0.2, 0.25) is 0 Å². The molecule has 1 aliphatic rings. The predicted molar refractivity (Wildman–Crippen MR) is 51.6 cm³/mol. The first-order valence-electron chi connectivity index (χ1n) is 5.07. The summed E-state index contributed by atoms with van der Waals surface area (Å²) >= 11 is 0.